The third-order valence-corrected chi connectivity index (χ3v) is 4.99. The first-order chi connectivity index (χ1) is 9.76. The van der Waals surface area contributed by atoms with Crippen molar-refractivity contribution in [3.63, 3.8) is 0 Å². The van der Waals surface area contributed by atoms with Crippen LogP contribution < -0.4 is 5.32 Å². The number of rotatable bonds is 4. The van der Waals surface area contributed by atoms with Crippen LogP contribution in [-0.4, -0.2) is 17.0 Å². The van der Waals surface area contributed by atoms with Crippen molar-refractivity contribution in [3.8, 4) is 0 Å². The predicted octanol–water partition coefficient (Wildman–Crippen LogP) is 3.70. The van der Waals surface area contributed by atoms with Crippen LogP contribution in [-0.2, 0) is 17.3 Å². The van der Waals surface area contributed by atoms with Gasteiger partial charge >= 0.3 is 0 Å². The number of anilines is 1. The molecule has 6 heteroatoms. The molecule has 3 nitrogen and oxygen atoms in total. The molecule has 0 aliphatic carbocycles. The van der Waals surface area contributed by atoms with E-state index in [1.807, 2.05) is 24.9 Å². The van der Waals surface area contributed by atoms with Crippen molar-refractivity contribution in [2.24, 2.45) is 0 Å². The second kappa shape index (κ2) is 6.01. The molecular weight excluding hydrogens is 293 g/mol. The van der Waals surface area contributed by atoms with Gasteiger partial charge in [0.1, 0.15) is 17.5 Å². The Morgan fingerprint density at radius 1 is 1.35 bits per heavy atom. The van der Waals surface area contributed by atoms with E-state index in [0.717, 1.165) is 33.7 Å². The van der Waals surface area contributed by atoms with E-state index in [-0.39, 0.29) is 5.82 Å². The highest BCUT2D eigenvalue weighted by molar-refractivity contribution is 7.98. The maximum atomic E-state index is 13.1. The summed E-state index contributed by atoms with van der Waals surface area (Å²) in [5, 5.41) is 3.14. The molecule has 0 spiro atoms. The lowest BCUT2D eigenvalue weighted by molar-refractivity contribution is 0.624. The average Bonchev–Trinajstić information content (AvgIpc) is 2.92. The van der Waals surface area contributed by atoms with E-state index >= 15 is 0 Å². The molecule has 2 heterocycles. The van der Waals surface area contributed by atoms with Gasteiger partial charge in [0.05, 0.1) is 11.4 Å². The molecule has 3 rings (SSSR count). The van der Waals surface area contributed by atoms with Gasteiger partial charge in [0.15, 0.2) is 0 Å². The van der Waals surface area contributed by atoms with Gasteiger partial charge in [-0.25, -0.2) is 14.4 Å². The van der Waals surface area contributed by atoms with Gasteiger partial charge in [-0.15, -0.1) is 11.8 Å². The Morgan fingerprint density at radius 2 is 2.25 bits per heavy atom. The highest BCUT2D eigenvalue weighted by Crippen LogP contribution is 2.33. The van der Waals surface area contributed by atoms with E-state index in [9.17, 15) is 4.39 Å². The summed E-state index contributed by atoms with van der Waals surface area (Å²) in [5.74, 6) is 4.08. The van der Waals surface area contributed by atoms with E-state index in [1.54, 1.807) is 17.8 Å². The molecule has 0 saturated carbocycles. The van der Waals surface area contributed by atoms with Crippen molar-refractivity contribution in [3.05, 3.63) is 47.2 Å². The number of hydrogen-bond acceptors (Lipinski definition) is 5. The van der Waals surface area contributed by atoms with Crippen LogP contribution in [0, 0.1) is 5.82 Å². The number of hydrogen-bond donors (Lipinski definition) is 1. The van der Waals surface area contributed by atoms with Gasteiger partial charge in [-0.1, -0.05) is 6.07 Å². The second-order valence-electron chi connectivity index (χ2n) is 4.40. The first-order valence-corrected chi connectivity index (χ1v) is 8.43. The molecule has 0 bridgehead atoms. The summed E-state index contributed by atoms with van der Waals surface area (Å²) in [7, 11) is 1.88. The topological polar surface area (TPSA) is 37.8 Å². The summed E-state index contributed by atoms with van der Waals surface area (Å²) < 4.78 is 13.1. The number of nitrogens with one attached hydrogen (secondary N) is 1. The molecule has 0 atom stereocenters. The predicted molar refractivity (Wildman–Crippen MR) is 82.5 cm³/mol. The number of benzene rings is 1. The van der Waals surface area contributed by atoms with Crippen LogP contribution >= 0.6 is 23.5 Å². The second-order valence-corrected chi connectivity index (χ2v) is 6.44. The van der Waals surface area contributed by atoms with Crippen molar-refractivity contribution in [2.75, 3.05) is 12.4 Å². The quantitative estimate of drug-likeness (QED) is 0.872. The standard InChI is InChI=1S/C14H14FN3S2/c1-16-14-11-6-19-7-12(11)17-13(18-14)8-20-10-4-2-3-9(15)5-10/h2-5H,6-8H2,1H3,(H,16,17,18). The minimum absolute atomic E-state index is 0.211. The Bertz CT molecular complexity index is 634. The SMILES string of the molecule is CNc1nc(CSc2cccc(F)c2)nc2c1CSC2. The Morgan fingerprint density at radius 3 is 3.05 bits per heavy atom. The van der Waals surface area contributed by atoms with Gasteiger partial charge in [-0.2, -0.15) is 11.8 Å². The summed E-state index contributed by atoms with van der Waals surface area (Å²) in [6, 6.07) is 6.60. The maximum absolute atomic E-state index is 13.1. The number of fused-ring (bicyclic) bond motifs is 1. The zero-order valence-corrected chi connectivity index (χ0v) is 12.7. The summed E-state index contributed by atoms with van der Waals surface area (Å²) in [5.41, 5.74) is 2.35. The minimum atomic E-state index is -0.211. The normalized spacial score (nSPS) is 13.3. The molecule has 20 heavy (non-hydrogen) atoms. The van der Waals surface area contributed by atoms with Crippen LogP contribution in [0.1, 0.15) is 17.1 Å². The minimum Gasteiger partial charge on any atom is -0.373 e. The van der Waals surface area contributed by atoms with Crippen molar-refractivity contribution in [1.82, 2.24) is 9.97 Å². The fourth-order valence-corrected chi connectivity index (χ4v) is 3.92. The zero-order chi connectivity index (χ0) is 13.9. The summed E-state index contributed by atoms with van der Waals surface area (Å²) in [6.07, 6.45) is 0. The summed E-state index contributed by atoms with van der Waals surface area (Å²) in [4.78, 5) is 10.1. The number of nitrogens with zero attached hydrogens (tertiary/aromatic N) is 2. The molecular formula is C14H14FN3S2. The third-order valence-electron chi connectivity index (χ3n) is 3.03. The van der Waals surface area contributed by atoms with E-state index in [0.29, 0.717) is 5.75 Å². The van der Waals surface area contributed by atoms with E-state index in [1.165, 1.54) is 17.7 Å². The van der Waals surface area contributed by atoms with Crippen LogP contribution in [0.5, 0.6) is 0 Å². The highest BCUT2D eigenvalue weighted by Gasteiger charge is 2.19. The number of aromatic nitrogens is 2. The largest absolute Gasteiger partial charge is 0.373 e. The zero-order valence-electron chi connectivity index (χ0n) is 11.0. The van der Waals surface area contributed by atoms with E-state index in [2.05, 4.69) is 15.3 Å². The third kappa shape index (κ3) is 2.91. The van der Waals surface area contributed by atoms with Gasteiger partial charge in [0.2, 0.25) is 0 Å². The molecule has 1 aromatic carbocycles. The molecule has 1 N–H and O–H groups in total. The van der Waals surface area contributed by atoms with Gasteiger partial charge in [0, 0.05) is 29.0 Å². The molecule has 1 aliphatic heterocycles. The molecule has 2 aromatic rings. The van der Waals surface area contributed by atoms with Gasteiger partial charge < -0.3 is 5.32 Å². The maximum Gasteiger partial charge on any atom is 0.141 e. The summed E-state index contributed by atoms with van der Waals surface area (Å²) in [6.45, 7) is 0. The molecule has 104 valence electrons. The fraction of sp³-hybridized carbons (Fsp3) is 0.286. The molecule has 0 radical (unpaired) electrons. The summed E-state index contributed by atoms with van der Waals surface area (Å²) >= 11 is 3.41. The van der Waals surface area contributed by atoms with Crippen molar-refractivity contribution in [1.29, 1.82) is 0 Å². The first-order valence-electron chi connectivity index (χ1n) is 6.29. The molecule has 0 saturated heterocycles. The Kier molecular flexibility index (Phi) is 4.12. The van der Waals surface area contributed by atoms with Gasteiger partial charge in [-0.05, 0) is 18.2 Å². The fourth-order valence-electron chi connectivity index (χ4n) is 2.08. The van der Waals surface area contributed by atoms with Crippen molar-refractivity contribution < 1.29 is 4.39 Å². The Hall–Kier alpha value is -1.27. The lowest BCUT2D eigenvalue weighted by Crippen LogP contribution is -2.05. The monoisotopic (exact) mass is 307 g/mol. The van der Waals surface area contributed by atoms with Crippen LogP contribution in [0.15, 0.2) is 29.2 Å². The first kappa shape index (κ1) is 13.7. The molecule has 0 amide bonds. The Labute approximate surface area is 125 Å². The average molecular weight is 307 g/mol. The van der Waals surface area contributed by atoms with Gasteiger partial charge in [0.25, 0.3) is 0 Å². The van der Waals surface area contributed by atoms with Crippen LogP contribution in [0.2, 0.25) is 0 Å². The van der Waals surface area contributed by atoms with Gasteiger partial charge in [-0.3, -0.25) is 0 Å². The van der Waals surface area contributed by atoms with E-state index < -0.39 is 0 Å². The smallest absolute Gasteiger partial charge is 0.141 e. The lowest BCUT2D eigenvalue weighted by Gasteiger charge is -2.09. The lowest BCUT2D eigenvalue weighted by atomic mass is 10.2. The van der Waals surface area contributed by atoms with Crippen LogP contribution in [0.25, 0.3) is 0 Å². The number of halogens is 1. The van der Waals surface area contributed by atoms with E-state index in [4.69, 9.17) is 0 Å². The molecule has 1 aromatic heterocycles. The van der Waals surface area contributed by atoms with Crippen LogP contribution in [0.3, 0.4) is 0 Å². The van der Waals surface area contributed by atoms with Crippen molar-refractivity contribution in [2.45, 2.75) is 22.2 Å². The van der Waals surface area contributed by atoms with Crippen LogP contribution in [0.4, 0.5) is 10.2 Å². The molecule has 0 unspecified atom stereocenters. The Balaban J connectivity index is 1.78. The highest BCUT2D eigenvalue weighted by atomic mass is 32.2. The number of thioether (sulfide) groups is 2. The molecule has 1 aliphatic rings. The molecule has 0 fully saturated rings. The van der Waals surface area contributed by atoms with Crippen molar-refractivity contribution >= 4 is 29.3 Å².